The lowest BCUT2D eigenvalue weighted by Gasteiger charge is -2.20. The number of carbonyl (C=O) groups is 1. The van der Waals surface area contributed by atoms with Crippen LogP contribution in [-0.4, -0.2) is 21.0 Å². The summed E-state index contributed by atoms with van der Waals surface area (Å²) < 4.78 is 13.6. The van der Waals surface area contributed by atoms with Gasteiger partial charge in [-0.3, -0.25) is 4.79 Å². The zero-order chi connectivity index (χ0) is 14.8. The average molecular weight is 286 g/mol. The van der Waals surface area contributed by atoms with Crippen molar-refractivity contribution in [3.63, 3.8) is 0 Å². The third kappa shape index (κ3) is 2.91. The minimum Gasteiger partial charge on any atom is -0.481 e. The van der Waals surface area contributed by atoms with Crippen LogP contribution in [0, 0.1) is 11.7 Å². The summed E-state index contributed by atoms with van der Waals surface area (Å²) in [6, 6.07) is 6.58. The lowest BCUT2D eigenvalue weighted by Crippen LogP contribution is -2.23. The summed E-state index contributed by atoms with van der Waals surface area (Å²) in [5.74, 6) is -0.799. The van der Waals surface area contributed by atoms with Gasteiger partial charge >= 0.3 is 5.97 Å². The van der Waals surface area contributed by atoms with Crippen LogP contribution in [-0.2, 0) is 24.1 Å². The Labute approximate surface area is 121 Å². The van der Waals surface area contributed by atoms with E-state index in [4.69, 9.17) is 5.11 Å². The fourth-order valence-corrected chi connectivity index (χ4v) is 2.66. The average Bonchev–Trinajstić information content (AvgIpc) is 2.49. The van der Waals surface area contributed by atoms with Gasteiger partial charge in [0.1, 0.15) is 11.6 Å². The number of halogens is 1. The highest BCUT2D eigenvalue weighted by Gasteiger charge is 2.25. The summed E-state index contributed by atoms with van der Waals surface area (Å²) in [6.07, 6.45) is 3.75. The molecule has 0 spiro atoms. The van der Waals surface area contributed by atoms with E-state index in [1.54, 1.807) is 24.4 Å². The summed E-state index contributed by atoms with van der Waals surface area (Å²) in [5, 5.41) is 9.06. The van der Waals surface area contributed by atoms with Gasteiger partial charge in [-0.2, -0.15) is 0 Å². The molecule has 1 aliphatic carbocycles. The summed E-state index contributed by atoms with van der Waals surface area (Å²) in [6.45, 7) is 0. The molecule has 21 heavy (non-hydrogen) atoms. The van der Waals surface area contributed by atoms with Crippen molar-refractivity contribution >= 4 is 5.97 Å². The predicted molar refractivity (Wildman–Crippen MR) is 74.4 cm³/mol. The number of aromatic nitrogens is 2. The van der Waals surface area contributed by atoms with Crippen LogP contribution < -0.4 is 0 Å². The molecule has 3 rings (SSSR count). The quantitative estimate of drug-likeness (QED) is 0.941. The molecule has 0 saturated heterocycles. The smallest absolute Gasteiger partial charge is 0.306 e. The van der Waals surface area contributed by atoms with Crippen LogP contribution in [0.2, 0.25) is 0 Å². The van der Waals surface area contributed by atoms with Crippen LogP contribution >= 0.6 is 0 Å². The number of benzene rings is 1. The topological polar surface area (TPSA) is 63.1 Å². The van der Waals surface area contributed by atoms with Gasteiger partial charge in [-0.25, -0.2) is 14.4 Å². The number of hydrogen-bond acceptors (Lipinski definition) is 3. The number of rotatable bonds is 3. The first-order valence-corrected chi connectivity index (χ1v) is 6.93. The highest BCUT2D eigenvalue weighted by Crippen LogP contribution is 2.24. The maximum absolute atomic E-state index is 13.6. The fourth-order valence-electron chi connectivity index (χ4n) is 2.66. The van der Waals surface area contributed by atoms with Crippen molar-refractivity contribution in [2.45, 2.75) is 25.7 Å². The Balaban J connectivity index is 1.81. The largest absolute Gasteiger partial charge is 0.481 e. The van der Waals surface area contributed by atoms with E-state index in [2.05, 4.69) is 9.97 Å². The molecule has 1 atom stereocenters. The van der Waals surface area contributed by atoms with Gasteiger partial charge in [-0.1, -0.05) is 18.2 Å². The van der Waals surface area contributed by atoms with Gasteiger partial charge < -0.3 is 5.11 Å². The number of nitrogens with zero attached hydrogens (tertiary/aromatic N) is 2. The van der Waals surface area contributed by atoms with Gasteiger partial charge in [-0.05, 0) is 36.5 Å². The van der Waals surface area contributed by atoms with Crippen LogP contribution in [0.3, 0.4) is 0 Å². The van der Waals surface area contributed by atoms with E-state index in [0.29, 0.717) is 37.1 Å². The maximum Gasteiger partial charge on any atom is 0.306 e. The van der Waals surface area contributed by atoms with Gasteiger partial charge in [0.2, 0.25) is 0 Å². The van der Waals surface area contributed by atoms with Gasteiger partial charge in [0.15, 0.2) is 0 Å². The van der Waals surface area contributed by atoms with Crippen molar-refractivity contribution in [3.05, 3.63) is 58.9 Å². The van der Waals surface area contributed by atoms with Crippen LogP contribution in [0.1, 0.15) is 29.1 Å². The van der Waals surface area contributed by atoms with E-state index in [1.807, 2.05) is 0 Å². The molecule has 108 valence electrons. The molecule has 1 aromatic heterocycles. The third-order valence-corrected chi connectivity index (χ3v) is 3.86. The van der Waals surface area contributed by atoms with E-state index in [9.17, 15) is 9.18 Å². The molecule has 0 fully saturated rings. The molecule has 1 heterocycles. The molecule has 1 aromatic carbocycles. The van der Waals surface area contributed by atoms with Gasteiger partial charge in [-0.15, -0.1) is 0 Å². The van der Waals surface area contributed by atoms with Crippen LogP contribution in [0.15, 0.2) is 30.5 Å². The second-order valence-corrected chi connectivity index (χ2v) is 5.30. The SMILES string of the molecule is O=C(O)C1CCc2nc(Cc3ccccc3F)ncc2C1. The molecule has 1 unspecified atom stereocenters. The monoisotopic (exact) mass is 286 g/mol. The zero-order valence-electron chi connectivity index (χ0n) is 11.4. The lowest BCUT2D eigenvalue weighted by molar-refractivity contribution is -0.142. The molecule has 2 aromatic rings. The normalized spacial score (nSPS) is 17.3. The van der Waals surface area contributed by atoms with Gasteiger partial charge in [0, 0.05) is 18.3 Å². The summed E-state index contributed by atoms with van der Waals surface area (Å²) >= 11 is 0. The van der Waals surface area contributed by atoms with Crippen molar-refractivity contribution in [2.24, 2.45) is 5.92 Å². The number of aliphatic carboxylic acids is 1. The Morgan fingerprint density at radius 2 is 2.19 bits per heavy atom. The first-order chi connectivity index (χ1) is 10.1. The molecule has 5 heteroatoms. The molecule has 0 saturated carbocycles. The van der Waals surface area contributed by atoms with E-state index in [1.165, 1.54) is 6.07 Å². The number of carboxylic acid groups (broad SMARTS) is 1. The van der Waals surface area contributed by atoms with Crippen LogP contribution in [0.5, 0.6) is 0 Å². The molecule has 0 bridgehead atoms. The number of hydrogen-bond donors (Lipinski definition) is 1. The number of aryl methyl sites for hydroxylation is 1. The van der Waals surface area contributed by atoms with E-state index >= 15 is 0 Å². The molecule has 1 N–H and O–H groups in total. The Hall–Kier alpha value is -2.30. The van der Waals surface area contributed by atoms with E-state index in [0.717, 1.165) is 11.3 Å². The summed E-state index contributed by atoms with van der Waals surface area (Å²) in [4.78, 5) is 19.8. The first kappa shape index (κ1) is 13.7. The van der Waals surface area contributed by atoms with E-state index < -0.39 is 5.97 Å². The highest BCUT2D eigenvalue weighted by molar-refractivity contribution is 5.70. The second-order valence-electron chi connectivity index (χ2n) is 5.30. The van der Waals surface area contributed by atoms with Crippen LogP contribution in [0.25, 0.3) is 0 Å². The van der Waals surface area contributed by atoms with Crippen molar-refractivity contribution in [3.8, 4) is 0 Å². The summed E-state index contributed by atoms with van der Waals surface area (Å²) in [5.41, 5.74) is 2.36. The zero-order valence-corrected chi connectivity index (χ0v) is 11.4. The maximum atomic E-state index is 13.6. The second kappa shape index (κ2) is 5.60. The lowest BCUT2D eigenvalue weighted by atomic mass is 9.87. The van der Waals surface area contributed by atoms with Crippen molar-refractivity contribution in [1.82, 2.24) is 9.97 Å². The Kier molecular flexibility index (Phi) is 3.64. The van der Waals surface area contributed by atoms with Crippen LogP contribution in [0.4, 0.5) is 4.39 Å². The van der Waals surface area contributed by atoms with Crippen molar-refractivity contribution < 1.29 is 14.3 Å². The first-order valence-electron chi connectivity index (χ1n) is 6.93. The molecule has 4 nitrogen and oxygen atoms in total. The molecular formula is C16H15FN2O2. The molecule has 0 amide bonds. The third-order valence-electron chi connectivity index (χ3n) is 3.86. The Bertz CT molecular complexity index is 688. The van der Waals surface area contributed by atoms with E-state index in [-0.39, 0.29) is 11.7 Å². The predicted octanol–water partition coefficient (Wildman–Crippen LogP) is 2.40. The molecule has 1 aliphatic rings. The number of carboxylic acids is 1. The molecule has 0 radical (unpaired) electrons. The minimum absolute atomic E-state index is 0.259. The standard InChI is InChI=1S/C16H15FN2O2/c17-13-4-2-1-3-10(13)8-15-18-9-12-7-11(16(20)21)5-6-14(12)19-15/h1-4,9,11H,5-8H2,(H,20,21). The van der Waals surface area contributed by atoms with Gasteiger partial charge in [0.05, 0.1) is 5.92 Å². The highest BCUT2D eigenvalue weighted by atomic mass is 19.1. The number of fused-ring (bicyclic) bond motifs is 1. The Morgan fingerprint density at radius 1 is 1.38 bits per heavy atom. The molecule has 0 aliphatic heterocycles. The fraction of sp³-hybridized carbons (Fsp3) is 0.312. The van der Waals surface area contributed by atoms with Crippen molar-refractivity contribution in [1.29, 1.82) is 0 Å². The Morgan fingerprint density at radius 3 is 2.95 bits per heavy atom. The van der Waals surface area contributed by atoms with Crippen molar-refractivity contribution in [2.75, 3.05) is 0 Å². The van der Waals surface area contributed by atoms with Gasteiger partial charge in [0.25, 0.3) is 0 Å². The summed E-state index contributed by atoms with van der Waals surface area (Å²) in [7, 11) is 0. The molecular weight excluding hydrogens is 271 g/mol. The minimum atomic E-state index is -0.768.